The molecule has 0 aliphatic carbocycles. The smallest absolute Gasteiger partial charge is 0.252 e. The molecule has 0 spiro atoms. The zero-order valence-electron chi connectivity index (χ0n) is 9.49. The standard InChI is InChI=1S/C10H16N4OS/c1-3-8-12-9(6-10(15)13-8)14(2)5-4-7(11)16/h6H,3-5H2,1-2H3,(H2,11,16)(H,12,13,15). The predicted octanol–water partition coefficient (Wildman–Crippen LogP) is 0.445. The van der Waals surface area contributed by atoms with Crippen LogP contribution in [0.2, 0.25) is 0 Å². The second-order valence-corrected chi connectivity index (χ2v) is 4.07. The molecule has 0 saturated heterocycles. The van der Waals surface area contributed by atoms with E-state index in [4.69, 9.17) is 18.0 Å². The minimum absolute atomic E-state index is 0.135. The molecule has 6 heteroatoms. The molecule has 88 valence electrons. The lowest BCUT2D eigenvalue weighted by molar-refractivity contribution is 0.852. The molecule has 0 fully saturated rings. The molecular weight excluding hydrogens is 224 g/mol. The summed E-state index contributed by atoms with van der Waals surface area (Å²) < 4.78 is 0. The lowest BCUT2D eigenvalue weighted by atomic mass is 10.3. The second kappa shape index (κ2) is 5.60. The van der Waals surface area contributed by atoms with Gasteiger partial charge in [0.05, 0.1) is 4.99 Å². The van der Waals surface area contributed by atoms with Gasteiger partial charge in [0.25, 0.3) is 5.56 Å². The van der Waals surface area contributed by atoms with Gasteiger partial charge in [-0.15, -0.1) is 0 Å². The summed E-state index contributed by atoms with van der Waals surface area (Å²) in [7, 11) is 1.86. The van der Waals surface area contributed by atoms with Crippen LogP contribution in [0.3, 0.4) is 0 Å². The van der Waals surface area contributed by atoms with E-state index in [2.05, 4.69) is 9.97 Å². The van der Waals surface area contributed by atoms with E-state index in [-0.39, 0.29) is 5.56 Å². The highest BCUT2D eigenvalue weighted by molar-refractivity contribution is 7.80. The highest BCUT2D eigenvalue weighted by atomic mass is 32.1. The Kier molecular flexibility index (Phi) is 4.42. The molecule has 0 unspecified atom stereocenters. The quantitative estimate of drug-likeness (QED) is 0.731. The molecule has 5 nitrogen and oxygen atoms in total. The normalized spacial score (nSPS) is 10.1. The van der Waals surface area contributed by atoms with Crippen molar-refractivity contribution in [3.63, 3.8) is 0 Å². The van der Waals surface area contributed by atoms with Crippen molar-refractivity contribution >= 4 is 23.0 Å². The van der Waals surface area contributed by atoms with E-state index < -0.39 is 0 Å². The Morgan fingerprint density at radius 3 is 2.94 bits per heavy atom. The molecule has 16 heavy (non-hydrogen) atoms. The number of anilines is 1. The Balaban J connectivity index is 2.82. The van der Waals surface area contributed by atoms with Crippen LogP contribution in [-0.2, 0) is 6.42 Å². The van der Waals surface area contributed by atoms with Gasteiger partial charge in [0.1, 0.15) is 11.6 Å². The van der Waals surface area contributed by atoms with Crippen molar-refractivity contribution in [1.82, 2.24) is 9.97 Å². The average Bonchev–Trinajstić information content (AvgIpc) is 2.24. The Morgan fingerprint density at radius 1 is 1.69 bits per heavy atom. The van der Waals surface area contributed by atoms with Crippen molar-refractivity contribution < 1.29 is 0 Å². The molecule has 3 N–H and O–H groups in total. The predicted molar refractivity (Wildman–Crippen MR) is 68.9 cm³/mol. The molecular formula is C10H16N4OS. The van der Waals surface area contributed by atoms with E-state index in [9.17, 15) is 4.79 Å². The number of nitrogens with zero attached hydrogens (tertiary/aromatic N) is 2. The Bertz CT molecular complexity index is 429. The van der Waals surface area contributed by atoms with E-state index >= 15 is 0 Å². The molecule has 0 aliphatic heterocycles. The maximum atomic E-state index is 11.3. The Hall–Kier alpha value is -1.43. The SMILES string of the molecule is CCc1nc(N(C)CCC(N)=S)cc(=O)[nH]1. The van der Waals surface area contributed by atoms with Gasteiger partial charge in [-0.3, -0.25) is 4.79 Å². The van der Waals surface area contributed by atoms with Crippen LogP contribution >= 0.6 is 12.2 Å². The van der Waals surface area contributed by atoms with Crippen LogP contribution in [0, 0.1) is 0 Å². The molecule has 0 aromatic carbocycles. The van der Waals surface area contributed by atoms with Crippen LogP contribution in [0.15, 0.2) is 10.9 Å². The molecule has 1 aromatic heterocycles. The average molecular weight is 240 g/mol. The number of hydrogen-bond acceptors (Lipinski definition) is 4. The first kappa shape index (κ1) is 12.6. The minimum atomic E-state index is -0.135. The van der Waals surface area contributed by atoms with Crippen molar-refractivity contribution in [2.75, 3.05) is 18.5 Å². The van der Waals surface area contributed by atoms with Crippen molar-refractivity contribution in [3.05, 3.63) is 22.2 Å². The van der Waals surface area contributed by atoms with Gasteiger partial charge in [-0.2, -0.15) is 0 Å². The lowest BCUT2D eigenvalue weighted by Gasteiger charge is -2.17. The second-order valence-electron chi connectivity index (χ2n) is 3.54. The van der Waals surface area contributed by atoms with E-state index in [1.54, 1.807) is 0 Å². The summed E-state index contributed by atoms with van der Waals surface area (Å²) in [6.45, 7) is 2.60. The number of aryl methyl sites for hydroxylation is 1. The number of nitrogens with one attached hydrogen (secondary N) is 1. The third-order valence-electron chi connectivity index (χ3n) is 2.20. The topological polar surface area (TPSA) is 75.0 Å². The molecule has 0 saturated carbocycles. The molecule has 1 rings (SSSR count). The van der Waals surface area contributed by atoms with Gasteiger partial charge in [0.2, 0.25) is 0 Å². The van der Waals surface area contributed by atoms with Crippen molar-refractivity contribution in [3.8, 4) is 0 Å². The van der Waals surface area contributed by atoms with E-state index in [0.717, 1.165) is 0 Å². The number of H-pyrrole nitrogens is 1. The zero-order valence-corrected chi connectivity index (χ0v) is 10.3. The molecule has 0 bridgehead atoms. The molecule has 0 aliphatic rings. The van der Waals surface area contributed by atoms with Crippen LogP contribution in [-0.4, -0.2) is 28.5 Å². The first-order chi connectivity index (χ1) is 7.52. The maximum Gasteiger partial charge on any atom is 0.252 e. The van der Waals surface area contributed by atoms with Gasteiger partial charge in [0.15, 0.2) is 0 Å². The van der Waals surface area contributed by atoms with Gasteiger partial charge in [-0.05, 0) is 0 Å². The van der Waals surface area contributed by atoms with E-state index in [1.807, 2.05) is 18.9 Å². The number of rotatable bonds is 5. The third kappa shape index (κ3) is 3.62. The summed E-state index contributed by atoms with van der Waals surface area (Å²) in [5, 5.41) is 0. The number of aromatic nitrogens is 2. The number of hydrogen-bond donors (Lipinski definition) is 2. The molecule has 1 heterocycles. The number of aromatic amines is 1. The summed E-state index contributed by atoms with van der Waals surface area (Å²) in [5.41, 5.74) is 5.29. The van der Waals surface area contributed by atoms with Gasteiger partial charge in [-0.1, -0.05) is 19.1 Å². The first-order valence-corrected chi connectivity index (χ1v) is 5.53. The molecule has 0 atom stereocenters. The van der Waals surface area contributed by atoms with Gasteiger partial charge in [-0.25, -0.2) is 4.98 Å². The summed E-state index contributed by atoms with van der Waals surface area (Å²) in [6.07, 6.45) is 1.31. The Labute approximate surface area is 99.7 Å². The van der Waals surface area contributed by atoms with Crippen molar-refractivity contribution in [2.45, 2.75) is 19.8 Å². The van der Waals surface area contributed by atoms with Gasteiger partial charge in [0, 0.05) is 32.5 Å². The highest BCUT2D eigenvalue weighted by Gasteiger charge is 2.05. The summed E-state index contributed by atoms with van der Waals surface area (Å²) in [5.74, 6) is 1.33. The third-order valence-corrected chi connectivity index (χ3v) is 2.40. The molecule has 1 aromatic rings. The van der Waals surface area contributed by atoms with E-state index in [1.165, 1.54) is 6.07 Å². The monoisotopic (exact) mass is 240 g/mol. The van der Waals surface area contributed by atoms with E-state index in [0.29, 0.717) is 36.0 Å². The fourth-order valence-corrected chi connectivity index (χ4v) is 1.34. The fraction of sp³-hybridized carbons (Fsp3) is 0.500. The van der Waals surface area contributed by atoms with Crippen LogP contribution in [0.4, 0.5) is 5.82 Å². The van der Waals surface area contributed by atoms with Crippen molar-refractivity contribution in [1.29, 1.82) is 0 Å². The van der Waals surface area contributed by atoms with Crippen LogP contribution in [0.5, 0.6) is 0 Å². The summed E-state index contributed by atoms with van der Waals surface area (Å²) in [4.78, 5) is 20.7. The lowest BCUT2D eigenvalue weighted by Crippen LogP contribution is -2.26. The summed E-state index contributed by atoms with van der Waals surface area (Å²) in [6, 6.07) is 1.47. The van der Waals surface area contributed by atoms with Crippen LogP contribution in [0.25, 0.3) is 0 Å². The molecule has 0 radical (unpaired) electrons. The first-order valence-electron chi connectivity index (χ1n) is 5.12. The van der Waals surface area contributed by atoms with Gasteiger partial charge < -0.3 is 15.6 Å². The zero-order chi connectivity index (χ0) is 12.1. The van der Waals surface area contributed by atoms with Crippen LogP contribution < -0.4 is 16.2 Å². The van der Waals surface area contributed by atoms with Crippen molar-refractivity contribution in [2.24, 2.45) is 5.73 Å². The number of thiocarbonyl (C=S) groups is 1. The van der Waals surface area contributed by atoms with Gasteiger partial charge >= 0.3 is 0 Å². The fourth-order valence-electron chi connectivity index (χ4n) is 1.25. The Morgan fingerprint density at radius 2 is 2.38 bits per heavy atom. The minimum Gasteiger partial charge on any atom is -0.393 e. The largest absolute Gasteiger partial charge is 0.393 e. The highest BCUT2D eigenvalue weighted by Crippen LogP contribution is 2.06. The molecule has 0 amide bonds. The summed E-state index contributed by atoms with van der Waals surface area (Å²) >= 11 is 4.80. The number of nitrogens with two attached hydrogens (primary N) is 1. The van der Waals surface area contributed by atoms with Crippen LogP contribution in [0.1, 0.15) is 19.2 Å². The maximum absolute atomic E-state index is 11.3.